The van der Waals surface area contributed by atoms with Gasteiger partial charge in [0, 0.05) is 30.4 Å². The Balaban J connectivity index is 1.48. The second-order valence-corrected chi connectivity index (χ2v) is 7.52. The highest BCUT2D eigenvalue weighted by atomic mass is 16.5. The molecule has 5 heterocycles. The normalized spacial score (nSPS) is 20.0. The number of ether oxygens (including phenoxy) is 1. The lowest BCUT2D eigenvalue weighted by molar-refractivity contribution is 0.137. The molecule has 2 saturated heterocycles. The molecule has 0 saturated carbocycles. The molecule has 2 aliphatic heterocycles. The van der Waals surface area contributed by atoms with Crippen LogP contribution in [0.1, 0.15) is 18.9 Å². The number of pyridine rings is 2. The minimum atomic E-state index is -0.849. The number of rotatable bonds is 4. The van der Waals surface area contributed by atoms with Gasteiger partial charge in [-0.25, -0.2) is 14.3 Å². The third-order valence-corrected chi connectivity index (χ3v) is 5.86. The Hall–Kier alpha value is -3.80. The summed E-state index contributed by atoms with van der Waals surface area (Å²) >= 11 is 0. The molecule has 3 aromatic rings. The Bertz CT molecular complexity index is 1170. The van der Waals surface area contributed by atoms with E-state index in [1.807, 2.05) is 25.1 Å². The van der Waals surface area contributed by atoms with Crippen LogP contribution in [0, 0.1) is 11.3 Å². The van der Waals surface area contributed by atoms with E-state index >= 15 is 0 Å². The predicted molar refractivity (Wildman–Crippen MR) is 109 cm³/mol. The third kappa shape index (κ3) is 2.80. The molecule has 3 aromatic heterocycles. The van der Waals surface area contributed by atoms with Crippen molar-refractivity contribution in [1.82, 2.24) is 19.5 Å². The van der Waals surface area contributed by atoms with Crippen molar-refractivity contribution in [3.05, 3.63) is 42.4 Å². The lowest BCUT2D eigenvalue weighted by atomic mass is 10.1. The second kappa shape index (κ2) is 6.91. The molecule has 152 valence electrons. The average molecular weight is 404 g/mol. The van der Waals surface area contributed by atoms with Crippen molar-refractivity contribution < 1.29 is 14.6 Å². The topological polar surface area (TPSA) is 107 Å². The first-order valence-electron chi connectivity index (χ1n) is 9.86. The monoisotopic (exact) mass is 404 g/mol. The maximum Gasteiger partial charge on any atom is 0.407 e. The van der Waals surface area contributed by atoms with Crippen LogP contribution in [0.15, 0.2) is 36.8 Å². The van der Waals surface area contributed by atoms with Crippen LogP contribution in [-0.4, -0.2) is 62.5 Å². The van der Waals surface area contributed by atoms with E-state index in [4.69, 9.17) is 4.74 Å². The van der Waals surface area contributed by atoms with E-state index in [0.29, 0.717) is 36.5 Å². The zero-order valence-electron chi connectivity index (χ0n) is 16.4. The lowest BCUT2D eigenvalue weighted by Crippen LogP contribution is -2.48. The van der Waals surface area contributed by atoms with Crippen LogP contribution in [0.2, 0.25) is 0 Å². The number of aromatic nitrogens is 3. The molecule has 0 radical (unpaired) electrons. The lowest BCUT2D eigenvalue weighted by Gasteiger charge is -2.33. The van der Waals surface area contributed by atoms with Gasteiger partial charge in [0.05, 0.1) is 42.2 Å². The van der Waals surface area contributed by atoms with Crippen LogP contribution in [0.4, 0.5) is 10.6 Å². The number of nitrogens with zero attached hydrogens (tertiary/aromatic N) is 6. The van der Waals surface area contributed by atoms with E-state index < -0.39 is 6.09 Å². The van der Waals surface area contributed by atoms with Gasteiger partial charge in [-0.2, -0.15) is 10.4 Å². The number of carbonyl (C=O) groups is 1. The molecule has 9 heteroatoms. The number of hydrogen-bond acceptors (Lipinski definition) is 6. The summed E-state index contributed by atoms with van der Waals surface area (Å²) in [6, 6.07) is 8.22. The summed E-state index contributed by atoms with van der Waals surface area (Å²) < 4.78 is 7.32. The summed E-state index contributed by atoms with van der Waals surface area (Å²) in [6.07, 6.45) is 5.09. The van der Waals surface area contributed by atoms with Gasteiger partial charge in [-0.15, -0.1) is 0 Å². The van der Waals surface area contributed by atoms with Crippen LogP contribution in [0.25, 0.3) is 16.6 Å². The number of carboxylic acid groups (broad SMARTS) is 1. The van der Waals surface area contributed by atoms with Crippen molar-refractivity contribution in [1.29, 1.82) is 5.26 Å². The number of amides is 1. The quantitative estimate of drug-likeness (QED) is 0.712. The van der Waals surface area contributed by atoms with E-state index in [2.05, 4.69) is 21.1 Å². The van der Waals surface area contributed by atoms with E-state index in [1.54, 1.807) is 23.1 Å². The Morgan fingerprint density at radius 2 is 2.20 bits per heavy atom. The smallest absolute Gasteiger partial charge is 0.407 e. The summed E-state index contributed by atoms with van der Waals surface area (Å²) in [7, 11) is 0. The molecule has 5 rings (SSSR count). The maximum atomic E-state index is 11.3. The van der Waals surface area contributed by atoms with Gasteiger partial charge in [0.2, 0.25) is 0 Å². The molecule has 30 heavy (non-hydrogen) atoms. The van der Waals surface area contributed by atoms with Crippen LogP contribution in [-0.2, 0) is 0 Å². The van der Waals surface area contributed by atoms with Gasteiger partial charge in [0.25, 0.3) is 0 Å². The van der Waals surface area contributed by atoms with Gasteiger partial charge in [-0.05, 0) is 31.5 Å². The van der Waals surface area contributed by atoms with Crippen LogP contribution < -0.4 is 9.64 Å². The maximum absolute atomic E-state index is 11.3. The molecule has 2 bridgehead atoms. The first-order valence-corrected chi connectivity index (χ1v) is 9.86. The van der Waals surface area contributed by atoms with E-state index in [1.165, 1.54) is 4.90 Å². The first kappa shape index (κ1) is 18.2. The summed E-state index contributed by atoms with van der Waals surface area (Å²) in [5.74, 6) is 1.50. The van der Waals surface area contributed by atoms with E-state index in [-0.39, 0.29) is 12.1 Å². The summed E-state index contributed by atoms with van der Waals surface area (Å²) in [6.45, 7) is 3.62. The van der Waals surface area contributed by atoms with Gasteiger partial charge in [-0.1, -0.05) is 0 Å². The molecule has 0 unspecified atom stereocenters. The molecule has 2 aliphatic rings. The SMILES string of the molecule is CCOc1cc(-c2ccc(N3C[C@@H]4C[C@H]3CN4C(=O)O)nc2)c2c(C#N)cnn2c1. The van der Waals surface area contributed by atoms with Gasteiger partial charge in [0.15, 0.2) is 0 Å². The Kier molecular flexibility index (Phi) is 4.20. The first-order chi connectivity index (χ1) is 14.6. The number of fused-ring (bicyclic) bond motifs is 3. The van der Waals surface area contributed by atoms with Crippen LogP contribution in [0.3, 0.4) is 0 Å². The Labute approximate surface area is 172 Å². The van der Waals surface area contributed by atoms with Gasteiger partial charge in [0.1, 0.15) is 17.6 Å². The fraction of sp³-hybridized carbons (Fsp3) is 0.333. The predicted octanol–water partition coefficient (Wildman–Crippen LogP) is 2.61. The van der Waals surface area contributed by atoms with Gasteiger partial charge in [-0.3, -0.25) is 0 Å². The molecule has 2 atom stereocenters. The van der Waals surface area contributed by atoms with E-state index in [0.717, 1.165) is 23.4 Å². The van der Waals surface area contributed by atoms with Crippen molar-refractivity contribution in [3.8, 4) is 22.9 Å². The minimum Gasteiger partial charge on any atom is -0.492 e. The van der Waals surface area contributed by atoms with Crippen molar-refractivity contribution in [3.63, 3.8) is 0 Å². The average Bonchev–Trinajstić information content (AvgIpc) is 3.47. The molecular formula is C21H20N6O3. The molecule has 0 aromatic carbocycles. The number of piperazine rings is 1. The van der Waals surface area contributed by atoms with Crippen LogP contribution in [0.5, 0.6) is 5.75 Å². The molecule has 1 N–H and O–H groups in total. The molecule has 9 nitrogen and oxygen atoms in total. The van der Waals surface area contributed by atoms with Crippen molar-refractivity contribution in [2.75, 3.05) is 24.6 Å². The standard InChI is InChI=1S/C21H20N6O3/c1-2-30-17-6-18(20-14(7-22)9-24-27(20)12-17)13-3-4-19(23-8-13)25-10-16-5-15(25)11-26(16)21(28)29/h3-4,6,8-9,12,15-16H,2,5,10-11H2,1H3,(H,28,29)/t15-,16-/m0/s1. The second-order valence-electron chi connectivity index (χ2n) is 7.52. The number of hydrogen-bond donors (Lipinski definition) is 1. The molecule has 2 fully saturated rings. The highest BCUT2D eigenvalue weighted by molar-refractivity contribution is 5.85. The van der Waals surface area contributed by atoms with Gasteiger partial charge < -0.3 is 19.6 Å². The third-order valence-electron chi connectivity index (χ3n) is 5.86. The van der Waals surface area contributed by atoms with Crippen molar-refractivity contribution in [2.45, 2.75) is 25.4 Å². The fourth-order valence-electron chi connectivity index (χ4n) is 4.54. The molecule has 0 aliphatic carbocycles. The molecular weight excluding hydrogens is 384 g/mol. The minimum absolute atomic E-state index is 0.0291. The zero-order chi connectivity index (χ0) is 20.8. The number of likely N-dealkylation sites (tertiary alicyclic amines) is 1. The van der Waals surface area contributed by atoms with Gasteiger partial charge >= 0.3 is 6.09 Å². The highest BCUT2D eigenvalue weighted by Crippen LogP contribution is 2.35. The summed E-state index contributed by atoms with van der Waals surface area (Å²) in [4.78, 5) is 19.7. The van der Waals surface area contributed by atoms with E-state index in [9.17, 15) is 15.2 Å². The van der Waals surface area contributed by atoms with Crippen molar-refractivity contribution in [2.24, 2.45) is 0 Å². The number of nitriles is 1. The van der Waals surface area contributed by atoms with Crippen LogP contribution >= 0.6 is 0 Å². The summed E-state index contributed by atoms with van der Waals surface area (Å²) in [5.41, 5.74) is 2.89. The van der Waals surface area contributed by atoms with Crippen molar-refractivity contribution >= 4 is 17.4 Å². The largest absolute Gasteiger partial charge is 0.492 e. The highest BCUT2D eigenvalue weighted by Gasteiger charge is 2.45. The Morgan fingerprint density at radius 3 is 2.83 bits per heavy atom. The summed E-state index contributed by atoms with van der Waals surface area (Å²) in [5, 5.41) is 23.0. The Morgan fingerprint density at radius 1 is 1.33 bits per heavy atom. The number of anilines is 1. The molecule has 0 spiro atoms. The molecule has 1 amide bonds. The fourth-order valence-corrected chi connectivity index (χ4v) is 4.54. The zero-order valence-corrected chi connectivity index (χ0v) is 16.4.